The van der Waals surface area contributed by atoms with Crippen LogP contribution in [-0.2, 0) is 11.8 Å². The lowest BCUT2D eigenvalue weighted by Crippen LogP contribution is -2.31. The first kappa shape index (κ1) is 14.2. The van der Waals surface area contributed by atoms with E-state index in [1.807, 2.05) is 0 Å². The van der Waals surface area contributed by atoms with E-state index in [1.165, 1.54) is 17.5 Å². The summed E-state index contributed by atoms with van der Waals surface area (Å²) < 4.78 is 0. The van der Waals surface area contributed by atoms with E-state index in [-0.39, 0.29) is 11.0 Å². The zero-order chi connectivity index (χ0) is 13.1. The predicted molar refractivity (Wildman–Crippen MR) is 76.3 cm³/mol. The summed E-state index contributed by atoms with van der Waals surface area (Å²) in [4.78, 5) is 0. The summed E-state index contributed by atoms with van der Waals surface area (Å²) >= 11 is 0. The summed E-state index contributed by atoms with van der Waals surface area (Å²) in [7, 11) is 0. The van der Waals surface area contributed by atoms with E-state index in [4.69, 9.17) is 5.73 Å². The lowest BCUT2D eigenvalue weighted by Gasteiger charge is -2.20. The Morgan fingerprint density at radius 3 is 1.88 bits per heavy atom. The molecule has 0 aliphatic heterocycles. The first-order valence-corrected chi connectivity index (χ1v) is 6.57. The van der Waals surface area contributed by atoms with Crippen molar-refractivity contribution in [1.29, 1.82) is 0 Å². The second-order valence-corrected chi connectivity index (χ2v) is 6.79. The Bertz CT molecular complexity index is 335. The van der Waals surface area contributed by atoms with Crippen molar-refractivity contribution in [1.82, 2.24) is 0 Å². The van der Waals surface area contributed by atoms with Crippen LogP contribution in [0.15, 0.2) is 24.3 Å². The topological polar surface area (TPSA) is 26.0 Å². The summed E-state index contributed by atoms with van der Waals surface area (Å²) in [5, 5.41) is 0. The molecule has 2 N–H and O–H groups in total. The van der Waals surface area contributed by atoms with Gasteiger partial charge in [0.25, 0.3) is 0 Å². The van der Waals surface area contributed by atoms with Gasteiger partial charge < -0.3 is 5.73 Å². The van der Waals surface area contributed by atoms with Crippen LogP contribution >= 0.6 is 0 Å². The van der Waals surface area contributed by atoms with E-state index in [1.54, 1.807) is 0 Å². The Hall–Kier alpha value is -0.820. The van der Waals surface area contributed by atoms with Gasteiger partial charge in [0.1, 0.15) is 0 Å². The smallest absolute Gasteiger partial charge is 0.00971 e. The standard InChI is InChI=1S/C16H27N/c1-15(2,3)14-10-8-13(9-11-14)7-6-12-16(4,5)17/h8-11H,6-7,12,17H2,1-5H3. The summed E-state index contributed by atoms with van der Waals surface area (Å²) in [6.07, 6.45) is 3.37. The molecule has 0 aliphatic carbocycles. The van der Waals surface area contributed by atoms with Gasteiger partial charge in [-0.1, -0.05) is 45.0 Å². The zero-order valence-corrected chi connectivity index (χ0v) is 12.0. The van der Waals surface area contributed by atoms with Gasteiger partial charge in [-0.15, -0.1) is 0 Å². The predicted octanol–water partition coefficient (Wildman–Crippen LogP) is 4.04. The summed E-state index contributed by atoms with van der Waals surface area (Å²) in [5.41, 5.74) is 9.01. The molecular weight excluding hydrogens is 206 g/mol. The minimum atomic E-state index is -0.0364. The van der Waals surface area contributed by atoms with Crippen molar-refractivity contribution in [3.05, 3.63) is 35.4 Å². The van der Waals surface area contributed by atoms with Gasteiger partial charge in [-0.2, -0.15) is 0 Å². The average Bonchev–Trinajstić information content (AvgIpc) is 2.15. The van der Waals surface area contributed by atoms with Crippen molar-refractivity contribution >= 4 is 0 Å². The van der Waals surface area contributed by atoms with E-state index in [9.17, 15) is 0 Å². The van der Waals surface area contributed by atoms with E-state index >= 15 is 0 Å². The van der Waals surface area contributed by atoms with Crippen LogP contribution in [0.3, 0.4) is 0 Å². The third-order valence-electron chi connectivity index (χ3n) is 3.11. The van der Waals surface area contributed by atoms with Crippen LogP contribution in [-0.4, -0.2) is 5.54 Å². The largest absolute Gasteiger partial charge is 0.326 e. The summed E-state index contributed by atoms with van der Waals surface area (Å²) in [5.74, 6) is 0. The third kappa shape index (κ3) is 5.36. The van der Waals surface area contributed by atoms with Crippen LogP contribution < -0.4 is 5.73 Å². The quantitative estimate of drug-likeness (QED) is 0.834. The molecule has 0 saturated heterocycles. The van der Waals surface area contributed by atoms with E-state index in [2.05, 4.69) is 58.9 Å². The molecule has 0 spiro atoms. The number of nitrogens with two attached hydrogens (primary N) is 1. The summed E-state index contributed by atoms with van der Waals surface area (Å²) in [6.45, 7) is 10.9. The molecule has 17 heavy (non-hydrogen) atoms. The highest BCUT2D eigenvalue weighted by atomic mass is 14.7. The zero-order valence-electron chi connectivity index (χ0n) is 12.0. The molecule has 0 bridgehead atoms. The van der Waals surface area contributed by atoms with Gasteiger partial charge in [0.05, 0.1) is 0 Å². The molecule has 96 valence electrons. The highest BCUT2D eigenvalue weighted by molar-refractivity contribution is 5.27. The van der Waals surface area contributed by atoms with Gasteiger partial charge in [0, 0.05) is 5.54 Å². The Morgan fingerprint density at radius 1 is 0.941 bits per heavy atom. The van der Waals surface area contributed by atoms with E-state index in [0.29, 0.717) is 0 Å². The number of hydrogen-bond donors (Lipinski definition) is 1. The first-order chi connectivity index (χ1) is 7.68. The number of benzene rings is 1. The van der Waals surface area contributed by atoms with Crippen LogP contribution in [0, 0.1) is 0 Å². The Kier molecular flexibility index (Phi) is 4.37. The van der Waals surface area contributed by atoms with Crippen molar-refractivity contribution in [3.63, 3.8) is 0 Å². The molecule has 0 aromatic heterocycles. The SMILES string of the molecule is CC(C)(N)CCCc1ccc(C(C)(C)C)cc1. The maximum absolute atomic E-state index is 5.98. The normalized spacial score (nSPS) is 12.8. The van der Waals surface area contributed by atoms with Crippen LogP contribution in [0.25, 0.3) is 0 Å². The van der Waals surface area contributed by atoms with Crippen molar-refractivity contribution < 1.29 is 0 Å². The van der Waals surface area contributed by atoms with Crippen LogP contribution in [0.2, 0.25) is 0 Å². The highest BCUT2D eigenvalue weighted by Gasteiger charge is 2.13. The molecule has 1 heteroatoms. The molecule has 0 unspecified atom stereocenters. The molecule has 0 amide bonds. The Labute approximate surface area is 106 Å². The third-order valence-corrected chi connectivity index (χ3v) is 3.11. The molecular formula is C16H27N. The van der Waals surface area contributed by atoms with Gasteiger partial charge in [-0.05, 0) is 49.7 Å². The molecule has 0 fully saturated rings. The second-order valence-electron chi connectivity index (χ2n) is 6.79. The van der Waals surface area contributed by atoms with Gasteiger partial charge >= 0.3 is 0 Å². The maximum Gasteiger partial charge on any atom is 0.00971 e. The van der Waals surface area contributed by atoms with E-state index in [0.717, 1.165) is 12.8 Å². The van der Waals surface area contributed by atoms with E-state index < -0.39 is 0 Å². The number of aryl methyl sites for hydroxylation is 1. The molecule has 1 nitrogen and oxygen atoms in total. The maximum atomic E-state index is 5.98. The van der Waals surface area contributed by atoms with Gasteiger partial charge in [-0.3, -0.25) is 0 Å². The minimum Gasteiger partial charge on any atom is -0.326 e. The molecule has 0 atom stereocenters. The molecule has 1 aromatic rings. The lowest BCUT2D eigenvalue weighted by molar-refractivity contribution is 0.459. The molecule has 1 rings (SSSR count). The highest BCUT2D eigenvalue weighted by Crippen LogP contribution is 2.22. The molecule has 1 aromatic carbocycles. The van der Waals surface area contributed by atoms with Crippen molar-refractivity contribution in [2.75, 3.05) is 0 Å². The van der Waals surface area contributed by atoms with Crippen LogP contribution in [0.5, 0.6) is 0 Å². The van der Waals surface area contributed by atoms with Crippen molar-refractivity contribution in [3.8, 4) is 0 Å². The number of hydrogen-bond acceptors (Lipinski definition) is 1. The van der Waals surface area contributed by atoms with Gasteiger partial charge in [0.15, 0.2) is 0 Å². The monoisotopic (exact) mass is 233 g/mol. The average molecular weight is 233 g/mol. The van der Waals surface area contributed by atoms with Gasteiger partial charge in [0.2, 0.25) is 0 Å². The van der Waals surface area contributed by atoms with Crippen molar-refractivity contribution in [2.45, 2.75) is 64.8 Å². The van der Waals surface area contributed by atoms with Crippen LogP contribution in [0.4, 0.5) is 0 Å². The molecule has 0 heterocycles. The Morgan fingerprint density at radius 2 is 1.47 bits per heavy atom. The number of rotatable bonds is 4. The fourth-order valence-corrected chi connectivity index (χ4v) is 1.92. The Balaban J connectivity index is 2.52. The molecule has 0 aliphatic rings. The van der Waals surface area contributed by atoms with Crippen molar-refractivity contribution in [2.24, 2.45) is 5.73 Å². The fourth-order valence-electron chi connectivity index (χ4n) is 1.92. The second kappa shape index (κ2) is 5.22. The van der Waals surface area contributed by atoms with Gasteiger partial charge in [-0.25, -0.2) is 0 Å². The minimum absolute atomic E-state index is 0.0364. The summed E-state index contributed by atoms with van der Waals surface area (Å²) in [6, 6.07) is 9.01. The molecule has 0 radical (unpaired) electrons. The fraction of sp³-hybridized carbons (Fsp3) is 0.625. The molecule has 0 saturated carbocycles. The first-order valence-electron chi connectivity index (χ1n) is 6.57. The lowest BCUT2D eigenvalue weighted by atomic mass is 9.86. The van der Waals surface area contributed by atoms with Crippen LogP contribution in [0.1, 0.15) is 58.6 Å².